The molecule has 0 amide bonds. The number of imidazole rings is 2. The Morgan fingerprint density at radius 1 is 0.673 bits per heavy atom. The van der Waals surface area contributed by atoms with Crippen LogP contribution in [0.5, 0.6) is 5.75 Å². The van der Waals surface area contributed by atoms with Crippen molar-refractivity contribution in [3.8, 4) is 17.1 Å². The van der Waals surface area contributed by atoms with Gasteiger partial charge in [0.15, 0.2) is 11.5 Å². The van der Waals surface area contributed by atoms with Crippen molar-refractivity contribution < 1.29 is 9.67 Å². The van der Waals surface area contributed by atoms with Crippen LogP contribution in [0.1, 0.15) is 39.0 Å². The molecule has 0 spiro atoms. The summed E-state index contributed by atoms with van der Waals surface area (Å²) in [4.78, 5) is 7.86. The molecule has 1 aliphatic rings. The number of fused-ring (bicyclic) bond motifs is 4. The maximum atomic E-state index is 11.5. The second-order valence-corrected chi connectivity index (χ2v) is 14.9. The zero-order chi connectivity index (χ0) is 35.4. The molecule has 6 nitrogen and oxygen atoms in total. The lowest BCUT2D eigenvalue weighted by Gasteiger charge is -2.46. The first-order valence-electron chi connectivity index (χ1n) is 17.8. The van der Waals surface area contributed by atoms with Crippen molar-refractivity contribution in [1.82, 2.24) is 14.0 Å². The molecule has 0 saturated carbocycles. The zero-order valence-electron chi connectivity index (χ0n) is 29.5. The van der Waals surface area contributed by atoms with Crippen molar-refractivity contribution >= 4 is 55.5 Å². The van der Waals surface area contributed by atoms with Gasteiger partial charge >= 0.3 is 0 Å². The standard InChI is InChI=1S/C46H37N5O/c1-45(2)36-24-14-23-35-34-22-15-27-39(52)40(34)43-47-44(42(46(45,3)4)51(43)41(35)36)50(31-18-9-6-10-19-31)33-21-13-20-32(28-33)49-29-48(30-16-7-5-8-17-30)37-25-11-12-26-38(37)49/h5-28,52H,1-4H3. The number of pyridine rings is 1. The predicted molar refractivity (Wildman–Crippen MR) is 210 cm³/mol. The van der Waals surface area contributed by atoms with Gasteiger partial charge in [0.05, 0.1) is 39.0 Å². The highest BCUT2D eigenvalue weighted by atomic mass is 16.3. The number of anilines is 3. The molecular formula is C46H37N5O. The van der Waals surface area contributed by atoms with Gasteiger partial charge in [0.2, 0.25) is 0 Å². The van der Waals surface area contributed by atoms with E-state index in [1.54, 1.807) is 6.07 Å². The first-order chi connectivity index (χ1) is 25.3. The smallest absolute Gasteiger partial charge is 0.269 e. The van der Waals surface area contributed by atoms with Gasteiger partial charge in [-0.2, -0.15) is 0 Å². The molecule has 9 aromatic rings. The van der Waals surface area contributed by atoms with Gasteiger partial charge < -0.3 is 5.11 Å². The minimum absolute atomic E-state index is 0.227. The lowest BCUT2D eigenvalue weighted by molar-refractivity contribution is -0.572. The minimum Gasteiger partial charge on any atom is -0.507 e. The Kier molecular flexibility index (Phi) is 6.32. The van der Waals surface area contributed by atoms with E-state index in [0.29, 0.717) is 0 Å². The van der Waals surface area contributed by atoms with Crippen LogP contribution in [0.2, 0.25) is 0 Å². The molecule has 0 unspecified atom stereocenters. The quantitative estimate of drug-likeness (QED) is 0.112. The van der Waals surface area contributed by atoms with Gasteiger partial charge in [0.1, 0.15) is 5.75 Å². The van der Waals surface area contributed by atoms with Gasteiger partial charge in [-0.1, -0.05) is 125 Å². The summed E-state index contributed by atoms with van der Waals surface area (Å²) in [5.74, 6) is 1.07. The number of aromatic hydroxyl groups is 1. The maximum absolute atomic E-state index is 11.5. The summed E-state index contributed by atoms with van der Waals surface area (Å²) in [7, 11) is 0. The summed E-state index contributed by atoms with van der Waals surface area (Å²) >= 11 is 0. The van der Waals surface area contributed by atoms with Crippen LogP contribution in [0.3, 0.4) is 0 Å². The molecule has 10 rings (SSSR count). The monoisotopic (exact) mass is 675 g/mol. The van der Waals surface area contributed by atoms with Crippen molar-refractivity contribution in [3.63, 3.8) is 0 Å². The number of hydrogen-bond donors (Lipinski definition) is 1. The second kappa shape index (κ2) is 10.8. The largest absolute Gasteiger partial charge is 0.507 e. The number of hydrogen-bond acceptors (Lipinski definition) is 3. The fraction of sp³-hybridized carbons (Fsp3) is 0.130. The molecule has 52 heavy (non-hydrogen) atoms. The van der Waals surface area contributed by atoms with Crippen molar-refractivity contribution in [1.29, 1.82) is 0 Å². The van der Waals surface area contributed by atoms with Gasteiger partial charge in [-0.3, -0.25) is 18.4 Å². The average Bonchev–Trinajstić information content (AvgIpc) is 3.76. The number of phenolic OH excluding ortho intramolecular Hbond substituents is 1. The fourth-order valence-corrected chi connectivity index (χ4v) is 8.41. The predicted octanol–water partition coefficient (Wildman–Crippen LogP) is 10.4. The van der Waals surface area contributed by atoms with Crippen LogP contribution in [0.25, 0.3) is 49.7 Å². The van der Waals surface area contributed by atoms with E-state index in [4.69, 9.17) is 4.98 Å². The molecule has 0 saturated heterocycles. The van der Waals surface area contributed by atoms with E-state index in [9.17, 15) is 5.11 Å². The second-order valence-electron chi connectivity index (χ2n) is 14.9. The molecule has 0 atom stereocenters. The Bertz CT molecular complexity index is 2870. The van der Waals surface area contributed by atoms with E-state index in [0.717, 1.165) is 72.6 Å². The van der Waals surface area contributed by atoms with Crippen molar-refractivity contribution in [2.24, 2.45) is 0 Å². The van der Waals surface area contributed by atoms with Crippen LogP contribution in [0.15, 0.2) is 146 Å². The Hall–Kier alpha value is -6.40. The number of phenols is 1. The van der Waals surface area contributed by atoms with E-state index in [1.807, 2.05) is 18.2 Å². The Morgan fingerprint density at radius 2 is 1.35 bits per heavy atom. The number of rotatable bonds is 5. The maximum Gasteiger partial charge on any atom is 0.269 e. The summed E-state index contributed by atoms with van der Waals surface area (Å²) in [6.45, 7) is 9.37. The summed E-state index contributed by atoms with van der Waals surface area (Å²) in [6.07, 6.45) is 3.66. The highest BCUT2D eigenvalue weighted by Gasteiger charge is 2.49. The lowest BCUT2D eigenvalue weighted by atomic mass is 9.60. The van der Waals surface area contributed by atoms with E-state index >= 15 is 0 Å². The fourth-order valence-electron chi connectivity index (χ4n) is 8.41. The average molecular weight is 676 g/mol. The SMILES string of the molecule is CC1(C)c2cccc3c4cccc(O)c4c4nc(N(c5ccccc5)c5cccc(-n6[c-][n+](-c7ccccc7)c7ccccc76)c5)c(n4c23)C1(C)C. The van der Waals surface area contributed by atoms with Crippen LogP contribution in [0, 0.1) is 6.33 Å². The van der Waals surface area contributed by atoms with Crippen LogP contribution >= 0.6 is 0 Å². The molecule has 3 aromatic heterocycles. The number of nitrogens with zero attached hydrogens (tertiary/aromatic N) is 5. The Morgan fingerprint density at radius 3 is 2.15 bits per heavy atom. The first-order valence-corrected chi connectivity index (χ1v) is 17.8. The molecule has 6 aromatic carbocycles. The number of benzene rings is 6. The molecule has 0 bridgehead atoms. The van der Waals surface area contributed by atoms with Crippen LogP contribution in [-0.4, -0.2) is 19.1 Å². The van der Waals surface area contributed by atoms with Crippen molar-refractivity contribution in [3.05, 3.63) is 163 Å². The molecular weight excluding hydrogens is 639 g/mol. The molecule has 6 heteroatoms. The topological polar surface area (TPSA) is 49.6 Å². The third-order valence-electron chi connectivity index (χ3n) is 11.7. The van der Waals surface area contributed by atoms with Crippen LogP contribution < -0.4 is 9.47 Å². The normalized spacial score (nSPS) is 14.5. The summed E-state index contributed by atoms with van der Waals surface area (Å²) < 4.78 is 6.60. The number of para-hydroxylation sites is 5. The first kappa shape index (κ1) is 30.4. The minimum atomic E-state index is -0.364. The molecule has 0 radical (unpaired) electrons. The van der Waals surface area contributed by atoms with E-state index in [-0.39, 0.29) is 16.6 Å². The molecule has 4 heterocycles. The summed E-state index contributed by atoms with van der Waals surface area (Å²) in [5, 5.41) is 14.3. The zero-order valence-corrected chi connectivity index (χ0v) is 29.5. The molecule has 0 aliphatic carbocycles. The molecule has 252 valence electrons. The van der Waals surface area contributed by atoms with E-state index < -0.39 is 0 Å². The highest BCUT2D eigenvalue weighted by Crippen LogP contribution is 2.55. The summed E-state index contributed by atoms with van der Waals surface area (Å²) in [6, 6.07) is 50.3. The molecule has 0 fully saturated rings. The van der Waals surface area contributed by atoms with Gasteiger partial charge in [-0.15, -0.1) is 0 Å². The Balaban J connectivity index is 1.28. The van der Waals surface area contributed by atoms with Gasteiger partial charge in [0, 0.05) is 27.6 Å². The van der Waals surface area contributed by atoms with E-state index in [2.05, 4.69) is 174 Å². The molecule has 1 N–H and O–H groups in total. The van der Waals surface area contributed by atoms with Crippen molar-refractivity contribution in [2.45, 2.75) is 38.5 Å². The third kappa shape index (κ3) is 4.06. The lowest BCUT2D eigenvalue weighted by Crippen LogP contribution is -2.44. The van der Waals surface area contributed by atoms with Gasteiger partial charge in [-0.25, -0.2) is 4.98 Å². The summed E-state index contributed by atoms with van der Waals surface area (Å²) in [5.41, 5.74) is 9.81. The van der Waals surface area contributed by atoms with Crippen LogP contribution in [-0.2, 0) is 10.8 Å². The van der Waals surface area contributed by atoms with Crippen LogP contribution in [0.4, 0.5) is 17.2 Å². The highest BCUT2D eigenvalue weighted by molar-refractivity contribution is 6.15. The molecule has 1 aliphatic heterocycles. The van der Waals surface area contributed by atoms with Crippen molar-refractivity contribution in [2.75, 3.05) is 4.90 Å². The van der Waals surface area contributed by atoms with Gasteiger partial charge in [-0.05, 0) is 59.5 Å². The number of aromatic nitrogens is 4. The van der Waals surface area contributed by atoms with Gasteiger partial charge in [0.25, 0.3) is 6.33 Å². The van der Waals surface area contributed by atoms with E-state index in [1.165, 1.54) is 5.56 Å². The third-order valence-corrected chi connectivity index (χ3v) is 11.7. The Labute approximate surface area is 302 Å².